The first-order valence-corrected chi connectivity index (χ1v) is 12.5. The number of ether oxygens (including phenoxy) is 1. The van der Waals surface area contributed by atoms with Crippen LogP contribution in [0.15, 0.2) is 30.0 Å². The zero-order valence-electron chi connectivity index (χ0n) is 21.4. The number of aryl methyl sites for hydroxylation is 2. The van der Waals surface area contributed by atoms with E-state index < -0.39 is 0 Å². The highest BCUT2D eigenvalue weighted by atomic mass is 19.1. The maximum absolute atomic E-state index is 15.7. The van der Waals surface area contributed by atoms with Crippen molar-refractivity contribution >= 4 is 17.1 Å². The van der Waals surface area contributed by atoms with Gasteiger partial charge in [0.15, 0.2) is 11.3 Å². The molecule has 5 nitrogen and oxygen atoms in total. The first-order valence-electron chi connectivity index (χ1n) is 12.5. The van der Waals surface area contributed by atoms with Gasteiger partial charge in [-0.3, -0.25) is 4.68 Å². The van der Waals surface area contributed by atoms with Gasteiger partial charge >= 0.3 is 0 Å². The fourth-order valence-electron chi connectivity index (χ4n) is 4.95. The number of piperidine rings is 1. The number of halogens is 1. The molecule has 0 saturated carbocycles. The van der Waals surface area contributed by atoms with E-state index in [1.165, 1.54) is 5.57 Å². The summed E-state index contributed by atoms with van der Waals surface area (Å²) in [4.78, 5) is 4.73. The number of methoxy groups -OCH3 is 1. The molecule has 1 atom stereocenters. The van der Waals surface area contributed by atoms with Gasteiger partial charge in [-0.05, 0) is 62.9 Å². The monoisotopic (exact) mass is 474 g/mol. The highest BCUT2D eigenvalue weighted by Crippen LogP contribution is 2.35. The van der Waals surface area contributed by atoms with Gasteiger partial charge in [-0.2, -0.15) is 5.10 Å². The van der Waals surface area contributed by atoms with Crippen molar-refractivity contribution in [2.75, 3.05) is 20.2 Å². The van der Waals surface area contributed by atoms with Crippen LogP contribution in [-0.2, 0) is 7.05 Å². The van der Waals surface area contributed by atoms with E-state index in [0.717, 1.165) is 55.4 Å². The Bertz CT molecular complexity index is 1270. The summed E-state index contributed by atoms with van der Waals surface area (Å²) in [5, 5.41) is 7.87. The minimum Gasteiger partial charge on any atom is -0.494 e. The predicted octanol–water partition coefficient (Wildman–Crippen LogP) is 5.91. The summed E-state index contributed by atoms with van der Waals surface area (Å²) in [5.41, 5.74) is 5.60. The largest absolute Gasteiger partial charge is 0.494 e. The van der Waals surface area contributed by atoms with Crippen LogP contribution in [-0.4, -0.2) is 35.0 Å². The fraction of sp³-hybridized carbons (Fsp3) is 0.448. The lowest BCUT2D eigenvalue weighted by atomic mass is 9.80. The molecule has 1 aliphatic heterocycles. The van der Waals surface area contributed by atoms with E-state index in [4.69, 9.17) is 9.72 Å². The Morgan fingerprint density at radius 2 is 2.06 bits per heavy atom. The topological polar surface area (TPSA) is 52.0 Å². The normalized spacial score (nSPS) is 15.7. The van der Waals surface area contributed by atoms with Gasteiger partial charge in [0.2, 0.25) is 0 Å². The van der Waals surface area contributed by atoms with Crippen LogP contribution in [0.4, 0.5) is 4.39 Å². The van der Waals surface area contributed by atoms with E-state index in [1.807, 2.05) is 32.3 Å². The van der Waals surface area contributed by atoms with Crippen molar-refractivity contribution < 1.29 is 9.13 Å². The Kier molecular flexibility index (Phi) is 7.87. The molecule has 3 aromatic rings. The molecule has 1 saturated heterocycles. The molecule has 4 rings (SSSR count). The number of aromatic nitrogens is 3. The van der Waals surface area contributed by atoms with Gasteiger partial charge in [0.25, 0.3) is 0 Å². The van der Waals surface area contributed by atoms with E-state index in [0.29, 0.717) is 28.4 Å². The molecule has 0 radical (unpaired) electrons. The molecule has 1 aromatic carbocycles. The predicted molar refractivity (Wildman–Crippen MR) is 141 cm³/mol. The van der Waals surface area contributed by atoms with Crippen molar-refractivity contribution in [1.29, 1.82) is 0 Å². The average Bonchev–Trinajstić information content (AvgIpc) is 3.25. The van der Waals surface area contributed by atoms with Gasteiger partial charge < -0.3 is 10.1 Å². The minimum atomic E-state index is -0.239. The smallest absolute Gasteiger partial charge is 0.153 e. The Balaban J connectivity index is 1.78. The Labute approximate surface area is 207 Å². The molecule has 6 heteroatoms. The number of rotatable bonds is 6. The van der Waals surface area contributed by atoms with Crippen LogP contribution in [0.2, 0.25) is 0 Å². The van der Waals surface area contributed by atoms with Crippen molar-refractivity contribution in [3.8, 4) is 28.8 Å². The Hall–Kier alpha value is -3.17. The molecule has 0 amide bonds. The van der Waals surface area contributed by atoms with E-state index in [1.54, 1.807) is 17.9 Å². The fourth-order valence-corrected chi connectivity index (χ4v) is 4.95. The van der Waals surface area contributed by atoms with E-state index >= 15 is 4.39 Å². The van der Waals surface area contributed by atoms with E-state index in [9.17, 15) is 0 Å². The second kappa shape index (κ2) is 11.0. The summed E-state index contributed by atoms with van der Waals surface area (Å²) < 4.78 is 22.9. The van der Waals surface area contributed by atoms with Crippen molar-refractivity contribution in [1.82, 2.24) is 20.1 Å². The molecule has 1 aliphatic rings. The van der Waals surface area contributed by atoms with Gasteiger partial charge in [-0.25, -0.2) is 9.37 Å². The summed E-state index contributed by atoms with van der Waals surface area (Å²) >= 11 is 0. The number of pyridine rings is 1. The maximum Gasteiger partial charge on any atom is 0.153 e. The molecule has 35 heavy (non-hydrogen) atoms. The van der Waals surface area contributed by atoms with E-state index in [2.05, 4.69) is 42.2 Å². The highest BCUT2D eigenvalue weighted by molar-refractivity contribution is 5.84. The number of fused-ring (bicyclic) bond motifs is 1. The third kappa shape index (κ3) is 5.41. The maximum atomic E-state index is 15.7. The van der Waals surface area contributed by atoms with Gasteiger partial charge in [0.05, 0.1) is 19.0 Å². The SMILES string of the molecule is CCC#CC(CC)/C(=C\c1c(C)cc(-c2cc(OC)c3nn(C)cc3n2)cc1F)C1CCNCC1. The Morgan fingerprint density at radius 1 is 1.29 bits per heavy atom. The lowest BCUT2D eigenvalue weighted by molar-refractivity contribution is 0.400. The van der Waals surface area contributed by atoms with Gasteiger partial charge in [0.1, 0.15) is 11.3 Å². The van der Waals surface area contributed by atoms with Crippen LogP contribution in [0.3, 0.4) is 0 Å². The van der Waals surface area contributed by atoms with E-state index in [-0.39, 0.29) is 11.7 Å². The quantitative estimate of drug-likeness (QED) is 0.451. The summed E-state index contributed by atoms with van der Waals surface area (Å²) in [6, 6.07) is 5.42. The summed E-state index contributed by atoms with van der Waals surface area (Å²) in [6.07, 6.45) is 7.80. The van der Waals surface area contributed by atoms with Crippen LogP contribution in [0.25, 0.3) is 28.4 Å². The summed E-state index contributed by atoms with van der Waals surface area (Å²) in [6.45, 7) is 8.19. The number of hydrogen-bond donors (Lipinski definition) is 1. The number of nitrogens with one attached hydrogen (secondary N) is 1. The minimum absolute atomic E-state index is 0.149. The van der Waals surface area contributed by atoms with Crippen molar-refractivity contribution in [3.05, 3.63) is 46.9 Å². The summed E-state index contributed by atoms with van der Waals surface area (Å²) in [7, 11) is 3.46. The molecule has 0 aliphatic carbocycles. The molecule has 1 unspecified atom stereocenters. The number of hydrogen-bond acceptors (Lipinski definition) is 4. The number of benzene rings is 1. The third-order valence-electron chi connectivity index (χ3n) is 6.79. The van der Waals surface area contributed by atoms with Gasteiger partial charge in [-0.1, -0.05) is 31.4 Å². The van der Waals surface area contributed by atoms with Gasteiger partial charge in [0, 0.05) is 36.6 Å². The van der Waals surface area contributed by atoms with Crippen LogP contribution in [0.1, 0.15) is 50.7 Å². The second-order valence-electron chi connectivity index (χ2n) is 9.24. The molecular formula is C29H35FN4O. The van der Waals surface area contributed by atoms with Crippen LogP contribution >= 0.6 is 0 Å². The van der Waals surface area contributed by atoms with Crippen molar-refractivity contribution in [3.63, 3.8) is 0 Å². The lowest BCUT2D eigenvalue weighted by Crippen LogP contribution is -2.30. The molecule has 0 spiro atoms. The van der Waals surface area contributed by atoms with Crippen LogP contribution in [0, 0.1) is 36.4 Å². The zero-order chi connectivity index (χ0) is 24.9. The highest BCUT2D eigenvalue weighted by Gasteiger charge is 2.24. The van der Waals surface area contributed by atoms with Gasteiger partial charge in [-0.15, -0.1) is 5.92 Å². The summed E-state index contributed by atoms with van der Waals surface area (Å²) in [5.74, 6) is 7.67. The first kappa shape index (κ1) is 24.9. The zero-order valence-corrected chi connectivity index (χ0v) is 21.4. The second-order valence-corrected chi connectivity index (χ2v) is 9.24. The molecule has 1 N–H and O–H groups in total. The number of allylic oxidation sites excluding steroid dienone is 1. The van der Waals surface area contributed by atoms with Crippen LogP contribution in [0.5, 0.6) is 5.75 Å². The molecule has 3 heterocycles. The third-order valence-corrected chi connectivity index (χ3v) is 6.79. The average molecular weight is 475 g/mol. The first-order chi connectivity index (χ1) is 16.9. The lowest BCUT2D eigenvalue weighted by Gasteiger charge is -2.28. The van der Waals surface area contributed by atoms with Crippen molar-refractivity contribution in [2.24, 2.45) is 18.9 Å². The molecule has 0 bridgehead atoms. The standard InChI is InChI=1S/C29H35FN4O/c1-6-8-9-20(7-2)24(21-10-12-31-13-11-21)16-23-19(3)14-22(15-25(23)30)26-17-28(35-5)29-27(32-26)18-34(4)33-29/h14-18,20-21,31H,6-7,10-13H2,1-5H3/b24-16+. The number of nitrogens with zero attached hydrogens (tertiary/aromatic N) is 3. The molecular weight excluding hydrogens is 439 g/mol. The molecule has 184 valence electrons. The van der Waals surface area contributed by atoms with Crippen LogP contribution < -0.4 is 10.1 Å². The Morgan fingerprint density at radius 3 is 2.71 bits per heavy atom. The molecule has 2 aromatic heterocycles. The molecule has 1 fully saturated rings. The van der Waals surface area contributed by atoms with Crippen molar-refractivity contribution in [2.45, 2.75) is 46.5 Å².